The Labute approximate surface area is 210 Å². The summed E-state index contributed by atoms with van der Waals surface area (Å²) in [5.41, 5.74) is 1.67. The molecule has 6 nitrogen and oxygen atoms in total. The zero-order valence-corrected chi connectivity index (χ0v) is 20.2. The average Bonchev–Trinajstić information content (AvgIpc) is 3.39. The highest BCUT2D eigenvalue weighted by molar-refractivity contribution is 7.90. The Hall–Kier alpha value is -4.18. The molecule has 0 aliphatic rings. The first-order valence-electron chi connectivity index (χ1n) is 11.0. The maximum Gasteiger partial charge on any atom is 0.416 e. The van der Waals surface area contributed by atoms with E-state index in [-0.39, 0.29) is 10.6 Å². The Morgan fingerprint density at radius 2 is 1.76 bits per heavy atom. The molecule has 2 aromatic heterocycles. The first-order valence-corrected chi connectivity index (χ1v) is 12.7. The van der Waals surface area contributed by atoms with Crippen LogP contribution in [0, 0.1) is 0 Å². The van der Waals surface area contributed by atoms with E-state index in [2.05, 4.69) is 10.1 Å². The lowest BCUT2D eigenvalue weighted by molar-refractivity contribution is -0.137. The van der Waals surface area contributed by atoms with Gasteiger partial charge in [-0.25, -0.2) is 8.42 Å². The Bertz CT molecular complexity index is 1700. The van der Waals surface area contributed by atoms with Gasteiger partial charge in [-0.15, -0.1) is 0 Å². The van der Waals surface area contributed by atoms with E-state index < -0.39 is 21.6 Å². The summed E-state index contributed by atoms with van der Waals surface area (Å²) in [6, 6.07) is 18.1. The van der Waals surface area contributed by atoms with Crippen molar-refractivity contribution in [3.63, 3.8) is 0 Å². The van der Waals surface area contributed by atoms with Gasteiger partial charge in [-0.3, -0.25) is 4.98 Å². The standard InChI is InChI=1S/C27H19F3N2O4S/c1-35-25-15-18(17-3-2-4-20(13-17)27(28,29)30)5-7-24(25)26-23-8-6-22(14-19(23)9-11-31-26)37(33,34)16-21-10-12-36-32-21/h2-15H,16H2,1H3. The summed E-state index contributed by atoms with van der Waals surface area (Å²) in [7, 11) is -2.20. The maximum atomic E-state index is 13.2. The van der Waals surface area contributed by atoms with E-state index in [1.807, 2.05) is 0 Å². The number of ether oxygens (including phenoxy) is 1. The van der Waals surface area contributed by atoms with Crippen LogP contribution < -0.4 is 4.74 Å². The van der Waals surface area contributed by atoms with E-state index in [0.29, 0.717) is 44.6 Å². The Kier molecular flexibility index (Phi) is 6.20. The molecule has 5 aromatic rings. The zero-order valence-electron chi connectivity index (χ0n) is 19.4. The fourth-order valence-electron chi connectivity index (χ4n) is 4.10. The third-order valence-corrected chi connectivity index (χ3v) is 7.55. The third-order valence-electron chi connectivity index (χ3n) is 5.90. The molecule has 0 N–H and O–H groups in total. The molecule has 37 heavy (non-hydrogen) atoms. The summed E-state index contributed by atoms with van der Waals surface area (Å²) >= 11 is 0. The molecule has 0 saturated carbocycles. The number of fused-ring (bicyclic) bond motifs is 1. The van der Waals surface area contributed by atoms with Crippen molar-refractivity contribution in [1.29, 1.82) is 0 Å². The fraction of sp³-hybridized carbons (Fsp3) is 0.111. The molecule has 0 radical (unpaired) electrons. The number of pyridine rings is 1. The number of halogens is 3. The van der Waals surface area contributed by atoms with Crippen LogP contribution in [0.2, 0.25) is 0 Å². The van der Waals surface area contributed by atoms with Gasteiger partial charge >= 0.3 is 6.18 Å². The van der Waals surface area contributed by atoms with Crippen molar-refractivity contribution < 1.29 is 30.8 Å². The number of benzene rings is 3. The predicted molar refractivity (Wildman–Crippen MR) is 132 cm³/mol. The quantitative estimate of drug-likeness (QED) is 0.250. The minimum Gasteiger partial charge on any atom is -0.496 e. The highest BCUT2D eigenvalue weighted by Gasteiger charge is 2.30. The van der Waals surface area contributed by atoms with Crippen molar-refractivity contribution in [2.45, 2.75) is 16.8 Å². The van der Waals surface area contributed by atoms with Crippen molar-refractivity contribution in [3.8, 4) is 28.1 Å². The SMILES string of the molecule is COc1cc(-c2cccc(C(F)(F)F)c2)ccc1-c1nccc2cc(S(=O)(=O)Cc3ccon3)ccc12. The van der Waals surface area contributed by atoms with E-state index in [1.165, 1.54) is 31.6 Å². The largest absolute Gasteiger partial charge is 0.496 e. The third kappa shape index (κ3) is 4.92. The predicted octanol–water partition coefficient (Wildman–Crippen LogP) is 6.56. The molecule has 0 saturated heterocycles. The van der Waals surface area contributed by atoms with E-state index >= 15 is 0 Å². The lowest BCUT2D eigenvalue weighted by atomic mass is 9.98. The van der Waals surface area contributed by atoms with Gasteiger partial charge < -0.3 is 9.26 Å². The van der Waals surface area contributed by atoms with Crippen LogP contribution in [0.4, 0.5) is 13.2 Å². The van der Waals surface area contributed by atoms with Crippen LogP contribution in [0.15, 0.2) is 94.7 Å². The molecule has 3 aromatic carbocycles. The first kappa shape index (κ1) is 24.5. The second-order valence-electron chi connectivity index (χ2n) is 8.29. The summed E-state index contributed by atoms with van der Waals surface area (Å²) in [6.45, 7) is 0. The lowest BCUT2D eigenvalue weighted by Gasteiger charge is -2.14. The summed E-state index contributed by atoms with van der Waals surface area (Å²) < 4.78 is 75.6. The average molecular weight is 525 g/mol. The number of alkyl halides is 3. The summed E-state index contributed by atoms with van der Waals surface area (Å²) in [6.07, 6.45) is -1.57. The summed E-state index contributed by atoms with van der Waals surface area (Å²) in [4.78, 5) is 4.62. The number of methoxy groups -OCH3 is 1. The molecule has 0 spiro atoms. The Balaban J connectivity index is 1.55. The maximum absolute atomic E-state index is 13.2. The van der Waals surface area contributed by atoms with Crippen molar-refractivity contribution in [3.05, 3.63) is 96.5 Å². The number of rotatable bonds is 6. The molecule has 10 heteroatoms. The second kappa shape index (κ2) is 9.36. The number of nitrogens with zero attached hydrogens (tertiary/aromatic N) is 2. The molecule has 0 bridgehead atoms. The highest BCUT2D eigenvalue weighted by Crippen LogP contribution is 2.38. The van der Waals surface area contributed by atoms with Gasteiger partial charge in [-0.05, 0) is 59.0 Å². The molecule has 0 fully saturated rings. The highest BCUT2D eigenvalue weighted by atomic mass is 32.2. The van der Waals surface area contributed by atoms with Crippen molar-refractivity contribution in [1.82, 2.24) is 10.1 Å². The van der Waals surface area contributed by atoms with E-state index in [1.54, 1.807) is 48.7 Å². The number of sulfone groups is 1. The van der Waals surface area contributed by atoms with Gasteiger partial charge in [0, 0.05) is 23.2 Å². The van der Waals surface area contributed by atoms with Crippen molar-refractivity contribution in [2.24, 2.45) is 0 Å². The van der Waals surface area contributed by atoms with Gasteiger partial charge in [0.25, 0.3) is 0 Å². The van der Waals surface area contributed by atoms with Crippen LogP contribution in [0.3, 0.4) is 0 Å². The van der Waals surface area contributed by atoms with Crippen LogP contribution in [-0.2, 0) is 21.8 Å². The van der Waals surface area contributed by atoms with Crippen molar-refractivity contribution >= 4 is 20.6 Å². The smallest absolute Gasteiger partial charge is 0.416 e. The van der Waals surface area contributed by atoms with Gasteiger partial charge in [-0.2, -0.15) is 13.2 Å². The van der Waals surface area contributed by atoms with Gasteiger partial charge in [0.15, 0.2) is 9.84 Å². The minimum absolute atomic E-state index is 0.131. The van der Waals surface area contributed by atoms with Crippen LogP contribution in [0.25, 0.3) is 33.2 Å². The van der Waals surface area contributed by atoms with Gasteiger partial charge in [0.1, 0.15) is 17.8 Å². The van der Waals surface area contributed by atoms with Crippen molar-refractivity contribution in [2.75, 3.05) is 7.11 Å². The first-order chi connectivity index (χ1) is 17.7. The molecular formula is C27H19F3N2O4S. The summed E-state index contributed by atoms with van der Waals surface area (Å²) in [5.74, 6) is 0.121. The Morgan fingerprint density at radius 1 is 0.946 bits per heavy atom. The number of aromatic nitrogens is 2. The molecule has 0 unspecified atom stereocenters. The Morgan fingerprint density at radius 3 is 2.49 bits per heavy atom. The molecule has 0 aliphatic carbocycles. The number of hydrogen-bond acceptors (Lipinski definition) is 6. The van der Waals surface area contributed by atoms with Crippen LogP contribution in [-0.4, -0.2) is 25.7 Å². The van der Waals surface area contributed by atoms with Crippen LogP contribution in [0.5, 0.6) is 5.75 Å². The monoisotopic (exact) mass is 524 g/mol. The van der Waals surface area contributed by atoms with Gasteiger partial charge in [0.05, 0.1) is 29.0 Å². The van der Waals surface area contributed by atoms with Crippen LogP contribution in [0.1, 0.15) is 11.3 Å². The second-order valence-corrected chi connectivity index (χ2v) is 10.3. The number of hydrogen-bond donors (Lipinski definition) is 0. The molecule has 188 valence electrons. The topological polar surface area (TPSA) is 82.3 Å². The van der Waals surface area contributed by atoms with E-state index in [9.17, 15) is 21.6 Å². The zero-order chi connectivity index (χ0) is 26.2. The normalized spacial score (nSPS) is 12.1. The molecule has 2 heterocycles. The van der Waals surface area contributed by atoms with Crippen LogP contribution >= 0.6 is 0 Å². The van der Waals surface area contributed by atoms with Gasteiger partial charge in [-0.1, -0.05) is 29.4 Å². The molecule has 5 rings (SSSR count). The van der Waals surface area contributed by atoms with E-state index in [0.717, 1.165) is 12.1 Å². The lowest BCUT2D eigenvalue weighted by Crippen LogP contribution is -2.05. The fourth-order valence-corrected chi connectivity index (χ4v) is 5.38. The molecule has 0 atom stereocenters. The molecule has 0 amide bonds. The summed E-state index contributed by atoms with van der Waals surface area (Å²) in [5, 5.41) is 5.01. The molecule has 0 aliphatic heterocycles. The van der Waals surface area contributed by atoms with E-state index in [4.69, 9.17) is 9.26 Å². The minimum atomic E-state index is -4.45. The molecular weight excluding hydrogens is 505 g/mol. The van der Waals surface area contributed by atoms with Gasteiger partial charge in [0.2, 0.25) is 0 Å².